The Morgan fingerprint density at radius 1 is 1.37 bits per heavy atom. The fourth-order valence-electron chi connectivity index (χ4n) is 3.83. The fourth-order valence-corrected chi connectivity index (χ4v) is 4.00. The Hall–Kier alpha value is -2.25. The SMILES string of the molecule is CCC/C=C\c1c(C2CCN(c3cc(Cl)nc(O[C@H](C)COC)n3)CC2)c[nH]c1N. The van der Waals surface area contributed by atoms with Gasteiger partial charge in [0.25, 0.3) is 0 Å². The molecule has 0 radical (unpaired) electrons. The first-order chi connectivity index (χ1) is 14.5. The number of unbranched alkanes of at least 4 members (excludes halogenated alkanes) is 1. The lowest BCUT2D eigenvalue weighted by molar-refractivity contribution is 0.0856. The molecular weight excluding hydrogens is 402 g/mol. The number of rotatable bonds is 9. The lowest BCUT2D eigenvalue weighted by Crippen LogP contribution is -2.33. The summed E-state index contributed by atoms with van der Waals surface area (Å²) in [5, 5.41) is 0.378. The number of anilines is 2. The van der Waals surface area contributed by atoms with Crippen molar-refractivity contribution in [1.82, 2.24) is 15.0 Å². The zero-order valence-corrected chi connectivity index (χ0v) is 18.8. The molecule has 1 saturated heterocycles. The number of nitrogens with one attached hydrogen (secondary N) is 1. The van der Waals surface area contributed by atoms with E-state index in [0.717, 1.165) is 56.0 Å². The molecule has 164 valence electrons. The fraction of sp³-hybridized carbons (Fsp3) is 0.545. The molecule has 0 bridgehead atoms. The molecule has 7 nitrogen and oxygen atoms in total. The first kappa shape index (κ1) is 22.4. The van der Waals surface area contributed by atoms with Crippen molar-refractivity contribution in [2.45, 2.75) is 51.6 Å². The summed E-state index contributed by atoms with van der Waals surface area (Å²) < 4.78 is 10.8. The lowest BCUT2D eigenvalue weighted by Gasteiger charge is -2.33. The highest BCUT2D eigenvalue weighted by atomic mass is 35.5. The van der Waals surface area contributed by atoms with Crippen LogP contribution in [0.15, 0.2) is 18.3 Å². The van der Waals surface area contributed by atoms with Crippen LogP contribution in [0.5, 0.6) is 6.01 Å². The minimum atomic E-state index is -0.148. The first-order valence-electron chi connectivity index (χ1n) is 10.6. The van der Waals surface area contributed by atoms with Crippen molar-refractivity contribution in [1.29, 1.82) is 0 Å². The van der Waals surface area contributed by atoms with Gasteiger partial charge in [-0.3, -0.25) is 0 Å². The Balaban J connectivity index is 1.67. The zero-order chi connectivity index (χ0) is 21.5. The maximum atomic E-state index is 6.22. The Kier molecular flexibility index (Phi) is 7.99. The summed E-state index contributed by atoms with van der Waals surface area (Å²) in [4.78, 5) is 14.2. The third-order valence-electron chi connectivity index (χ3n) is 5.35. The number of nitrogens with zero attached hydrogens (tertiary/aromatic N) is 3. The predicted molar refractivity (Wildman–Crippen MR) is 122 cm³/mol. The molecule has 0 aliphatic carbocycles. The molecule has 8 heteroatoms. The number of H-pyrrole nitrogens is 1. The van der Waals surface area contributed by atoms with Gasteiger partial charge in [-0.05, 0) is 37.7 Å². The molecule has 1 atom stereocenters. The van der Waals surface area contributed by atoms with E-state index < -0.39 is 0 Å². The number of methoxy groups -OCH3 is 1. The lowest BCUT2D eigenvalue weighted by atomic mass is 9.88. The van der Waals surface area contributed by atoms with Crippen LogP contribution in [-0.2, 0) is 4.74 Å². The van der Waals surface area contributed by atoms with Gasteiger partial charge in [0, 0.05) is 38.0 Å². The molecule has 0 aromatic carbocycles. The van der Waals surface area contributed by atoms with Crippen LogP contribution in [0.4, 0.5) is 11.6 Å². The van der Waals surface area contributed by atoms with E-state index in [1.165, 1.54) is 5.56 Å². The van der Waals surface area contributed by atoms with Gasteiger partial charge in [0.2, 0.25) is 0 Å². The molecule has 0 spiro atoms. The average Bonchev–Trinajstić information content (AvgIpc) is 3.08. The van der Waals surface area contributed by atoms with Gasteiger partial charge in [0.1, 0.15) is 22.9 Å². The number of allylic oxidation sites excluding steroid dienone is 1. The van der Waals surface area contributed by atoms with E-state index in [1.54, 1.807) is 13.2 Å². The number of hydrogen-bond donors (Lipinski definition) is 2. The summed E-state index contributed by atoms with van der Waals surface area (Å²) in [6.07, 6.45) is 10.5. The Morgan fingerprint density at radius 2 is 2.13 bits per heavy atom. The normalized spacial score (nSPS) is 16.3. The van der Waals surface area contributed by atoms with Crippen molar-refractivity contribution < 1.29 is 9.47 Å². The number of aromatic nitrogens is 3. The van der Waals surface area contributed by atoms with Crippen LogP contribution in [0, 0.1) is 0 Å². The molecule has 3 heterocycles. The second kappa shape index (κ2) is 10.7. The Bertz CT molecular complexity index is 846. The van der Waals surface area contributed by atoms with E-state index >= 15 is 0 Å². The molecule has 0 saturated carbocycles. The second-order valence-corrected chi connectivity index (χ2v) is 8.13. The summed E-state index contributed by atoms with van der Waals surface area (Å²) in [5.74, 6) is 2.00. The van der Waals surface area contributed by atoms with E-state index in [1.807, 2.05) is 6.92 Å². The molecule has 1 fully saturated rings. The minimum absolute atomic E-state index is 0.148. The molecule has 1 aliphatic heterocycles. The van der Waals surface area contributed by atoms with Gasteiger partial charge >= 0.3 is 6.01 Å². The van der Waals surface area contributed by atoms with Gasteiger partial charge in [-0.2, -0.15) is 9.97 Å². The van der Waals surface area contributed by atoms with Crippen LogP contribution in [0.3, 0.4) is 0 Å². The maximum Gasteiger partial charge on any atom is 0.320 e. The van der Waals surface area contributed by atoms with Crippen molar-refractivity contribution in [3.05, 3.63) is 34.6 Å². The predicted octanol–water partition coefficient (Wildman–Crippen LogP) is 4.65. The van der Waals surface area contributed by atoms with Crippen molar-refractivity contribution >= 4 is 29.3 Å². The third kappa shape index (κ3) is 5.67. The standard InChI is InChI=1S/C22H32ClN5O2/c1-4-5-6-7-17-18(13-25-21(17)24)16-8-10-28(11-9-16)20-12-19(23)26-22(27-20)30-15(2)14-29-3/h6-7,12-13,15-16,25H,4-5,8-11,14,24H2,1-3H3/b7-6-/t15-/m1/s1. The minimum Gasteiger partial charge on any atom is -0.458 e. The van der Waals surface area contributed by atoms with E-state index in [2.05, 4.69) is 45.1 Å². The number of piperidine rings is 1. The van der Waals surface area contributed by atoms with Crippen molar-refractivity contribution in [2.75, 3.05) is 37.4 Å². The van der Waals surface area contributed by atoms with Crippen LogP contribution in [0.2, 0.25) is 5.15 Å². The van der Waals surface area contributed by atoms with Gasteiger partial charge in [0.15, 0.2) is 0 Å². The van der Waals surface area contributed by atoms with Crippen LogP contribution < -0.4 is 15.4 Å². The van der Waals surface area contributed by atoms with Gasteiger partial charge < -0.3 is 25.1 Å². The van der Waals surface area contributed by atoms with Gasteiger partial charge in [0.05, 0.1) is 6.61 Å². The Labute approximate surface area is 183 Å². The maximum absolute atomic E-state index is 6.22. The van der Waals surface area contributed by atoms with Crippen LogP contribution in [0.1, 0.15) is 56.6 Å². The van der Waals surface area contributed by atoms with Gasteiger partial charge in [-0.1, -0.05) is 37.1 Å². The van der Waals surface area contributed by atoms with E-state index in [4.69, 9.17) is 26.8 Å². The zero-order valence-electron chi connectivity index (χ0n) is 18.0. The highest BCUT2D eigenvalue weighted by molar-refractivity contribution is 6.29. The van der Waals surface area contributed by atoms with Gasteiger partial charge in [-0.25, -0.2) is 0 Å². The summed E-state index contributed by atoms with van der Waals surface area (Å²) in [7, 11) is 1.64. The third-order valence-corrected chi connectivity index (χ3v) is 5.55. The van der Waals surface area contributed by atoms with E-state index in [-0.39, 0.29) is 12.1 Å². The molecule has 0 unspecified atom stereocenters. The highest BCUT2D eigenvalue weighted by Gasteiger charge is 2.25. The number of hydrogen-bond acceptors (Lipinski definition) is 6. The second-order valence-electron chi connectivity index (χ2n) is 7.74. The largest absolute Gasteiger partial charge is 0.458 e. The summed E-state index contributed by atoms with van der Waals surface area (Å²) in [5.41, 5.74) is 8.61. The van der Waals surface area contributed by atoms with Crippen LogP contribution >= 0.6 is 11.6 Å². The number of aromatic amines is 1. The molecule has 3 rings (SSSR count). The number of nitrogen functional groups attached to an aromatic ring is 1. The van der Waals surface area contributed by atoms with Crippen molar-refractivity contribution in [3.8, 4) is 6.01 Å². The summed E-state index contributed by atoms with van der Waals surface area (Å²) >= 11 is 6.22. The van der Waals surface area contributed by atoms with Crippen LogP contribution in [0.25, 0.3) is 6.08 Å². The summed E-state index contributed by atoms with van der Waals surface area (Å²) in [6.45, 7) is 6.32. The van der Waals surface area contributed by atoms with E-state index in [0.29, 0.717) is 17.7 Å². The monoisotopic (exact) mass is 433 g/mol. The molecule has 1 aliphatic rings. The summed E-state index contributed by atoms with van der Waals surface area (Å²) in [6, 6.07) is 2.08. The molecule has 2 aromatic rings. The number of nitrogens with two attached hydrogens (primary N) is 1. The topological polar surface area (TPSA) is 89.3 Å². The number of halogens is 1. The molecule has 3 N–H and O–H groups in total. The number of ether oxygens (including phenoxy) is 2. The molecular formula is C22H32ClN5O2. The first-order valence-corrected chi connectivity index (χ1v) is 11.0. The highest BCUT2D eigenvalue weighted by Crippen LogP contribution is 2.35. The van der Waals surface area contributed by atoms with E-state index in [9.17, 15) is 0 Å². The molecule has 30 heavy (non-hydrogen) atoms. The molecule has 0 amide bonds. The smallest absolute Gasteiger partial charge is 0.320 e. The van der Waals surface area contributed by atoms with Crippen LogP contribution in [-0.4, -0.2) is 47.9 Å². The quantitative estimate of drug-likeness (QED) is 0.559. The molecule has 2 aromatic heterocycles. The van der Waals surface area contributed by atoms with Crippen molar-refractivity contribution in [2.24, 2.45) is 0 Å². The average molecular weight is 434 g/mol. The Morgan fingerprint density at radius 3 is 2.83 bits per heavy atom. The van der Waals surface area contributed by atoms with Gasteiger partial charge in [-0.15, -0.1) is 0 Å². The van der Waals surface area contributed by atoms with Crippen molar-refractivity contribution in [3.63, 3.8) is 0 Å².